The number of aliphatic hydroxyl groups is 1. The summed E-state index contributed by atoms with van der Waals surface area (Å²) in [6.45, 7) is 4.09. The van der Waals surface area contributed by atoms with Crippen molar-refractivity contribution in [3.05, 3.63) is 0 Å². The second-order valence-corrected chi connectivity index (χ2v) is 13.0. The third-order valence-electron chi connectivity index (χ3n) is 8.65. The first kappa shape index (κ1) is 41.9. The lowest BCUT2D eigenvalue weighted by atomic mass is 10.0. The topological polar surface area (TPSA) is 72.8 Å². The minimum atomic E-state index is -0.759. The van der Waals surface area contributed by atoms with Crippen LogP contribution in [0, 0.1) is 0 Å². The Labute approximate surface area is 268 Å². The fourth-order valence-electron chi connectivity index (χ4n) is 5.73. The zero-order chi connectivity index (χ0) is 31.5. The Balaban J connectivity index is 3.39. The number of esters is 2. The van der Waals surface area contributed by atoms with Gasteiger partial charge in [-0.15, -0.1) is 0 Å². The van der Waals surface area contributed by atoms with Gasteiger partial charge in [0.2, 0.25) is 0 Å². The highest BCUT2D eigenvalue weighted by Gasteiger charge is 2.16. The van der Waals surface area contributed by atoms with Gasteiger partial charge in [-0.1, -0.05) is 187 Å². The minimum absolute atomic E-state index is 0.0592. The molecule has 0 fully saturated rings. The molecule has 1 N–H and O–H groups in total. The van der Waals surface area contributed by atoms with Gasteiger partial charge < -0.3 is 14.6 Å². The van der Waals surface area contributed by atoms with E-state index < -0.39 is 6.10 Å². The van der Waals surface area contributed by atoms with Crippen LogP contribution >= 0.6 is 0 Å². The zero-order valence-electron chi connectivity index (χ0n) is 29.0. The highest BCUT2D eigenvalue weighted by atomic mass is 16.6. The first-order valence-corrected chi connectivity index (χ1v) is 19.1. The van der Waals surface area contributed by atoms with E-state index in [1.807, 2.05) is 0 Å². The molecule has 256 valence electrons. The van der Waals surface area contributed by atoms with Gasteiger partial charge in [-0.25, -0.2) is 0 Å². The lowest BCUT2D eigenvalue weighted by molar-refractivity contribution is -0.161. The Morgan fingerprint density at radius 1 is 0.442 bits per heavy atom. The average molecular weight is 611 g/mol. The molecule has 5 nitrogen and oxygen atoms in total. The van der Waals surface area contributed by atoms with Gasteiger partial charge in [-0.05, 0) is 12.8 Å². The summed E-state index contributed by atoms with van der Waals surface area (Å²) in [5.41, 5.74) is 0. The maximum absolute atomic E-state index is 12.1. The molecule has 0 saturated carbocycles. The predicted molar refractivity (Wildman–Crippen MR) is 182 cm³/mol. The quantitative estimate of drug-likeness (QED) is 0.0571. The van der Waals surface area contributed by atoms with Crippen molar-refractivity contribution in [2.24, 2.45) is 0 Å². The summed E-state index contributed by atoms with van der Waals surface area (Å²) in [7, 11) is 0. The van der Waals surface area contributed by atoms with Crippen LogP contribution in [0.3, 0.4) is 0 Å². The standard InChI is InChI=1S/C38H74O5/c1-3-5-7-9-11-12-13-14-15-16-17-18-19-20-21-22-23-24-25-26-27-29-31-33-38(41)43-36(34-39)35-42-37(40)32-30-28-10-8-6-4-2/h36,39H,3-35H2,1-2H3. The van der Waals surface area contributed by atoms with Gasteiger partial charge in [0, 0.05) is 12.8 Å². The minimum Gasteiger partial charge on any atom is -0.462 e. The second kappa shape index (κ2) is 35.4. The fraction of sp³-hybridized carbons (Fsp3) is 0.947. The zero-order valence-corrected chi connectivity index (χ0v) is 29.0. The Morgan fingerprint density at radius 2 is 0.721 bits per heavy atom. The van der Waals surface area contributed by atoms with Crippen LogP contribution in [0.2, 0.25) is 0 Å². The highest BCUT2D eigenvalue weighted by molar-refractivity contribution is 5.70. The lowest BCUT2D eigenvalue weighted by Crippen LogP contribution is -2.28. The van der Waals surface area contributed by atoms with E-state index in [9.17, 15) is 14.7 Å². The Kier molecular flexibility index (Phi) is 34.5. The van der Waals surface area contributed by atoms with E-state index in [2.05, 4.69) is 13.8 Å². The van der Waals surface area contributed by atoms with Gasteiger partial charge in [-0.2, -0.15) is 0 Å². The monoisotopic (exact) mass is 611 g/mol. The molecule has 1 unspecified atom stereocenters. The van der Waals surface area contributed by atoms with Gasteiger partial charge in [-0.3, -0.25) is 9.59 Å². The number of aliphatic hydroxyl groups excluding tert-OH is 1. The van der Waals surface area contributed by atoms with E-state index in [-0.39, 0.29) is 25.2 Å². The van der Waals surface area contributed by atoms with Crippen molar-refractivity contribution in [2.45, 2.75) is 219 Å². The number of carbonyl (C=O) groups is 2. The maximum atomic E-state index is 12.1. The van der Waals surface area contributed by atoms with Gasteiger partial charge in [0.1, 0.15) is 6.61 Å². The van der Waals surface area contributed by atoms with Crippen molar-refractivity contribution < 1.29 is 24.2 Å². The Morgan fingerprint density at radius 3 is 1.02 bits per heavy atom. The largest absolute Gasteiger partial charge is 0.462 e. The van der Waals surface area contributed by atoms with E-state index in [4.69, 9.17) is 9.47 Å². The van der Waals surface area contributed by atoms with Crippen molar-refractivity contribution in [1.82, 2.24) is 0 Å². The second-order valence-electron chi connectivity index (χ2n) is 13.0. The Bertz CT molecular complexity index is 579. The predicted octanol–water partition coefficient (Wildman–Crippen LogP) is 11.6. The SMILES string of the molecule is CCCCCCCCCCCCCCCCCCCCCCCCCC(=O)OC(CO)COC(=O)CCCCCCCC. The third kappa shape index (κ3) is 33.6. The molecule has 0 aliphatic rings. The first-order valence-electron chi connectivity index (χ1n) is 19.1. The van der Waals surface area contributed by atoms with E-state index in [1.165, 1.54) is 148 Å². The molecule has 5 heteroatoms. The van der Waals surface area contributed by atoms with E-state index in [0.717, 1.165) is 38.5 Å². The summed E-state index contributed by atoms with van der Waals surface area (Å²) in [5.74, 6) is -0.589. The lowest BCUT2D eigenvalue weighted by Gasteiger charge is -2.15. The molecule has 0 aromatic heterocycles. The summed E-state index contributed by atoms with van der Waals surface area (Å²) in [6.07, 6.45) is 37.7. The smallest absolute Gasteiger partial charge is 0.306 e. The summed E-state index contributed by atoms with van der Waals surface area (Å²) in [6, 6.07) is 0. The third-order valence-corrected chi connectivity index (χ3v) is 8.65. The van der Waals surface area contributed by atoms with Crippen LogP contribution in [-0.4, -0.2) is 36.4 Å². The normalized spacial score (nSPS) is 12.0. The molecule has 0 amide bonds. The highest BCUT2D eigenvalue weighted by Crippen LogP contribution is 2.16. The summed E-state index contributed by atoms with van der Waals surface area (Å²) in [5, 5.41) is 9.47. The van der Waals surface area contributed by atoms with Gasteiger partial charge in [0.05, 0.1) is 6.61 Å². The van der Waals surface area contributed by atoms with Crippen LogP contribution < -0.4 is 0 Å². The summed E-state index contributed by atoms with van der Waals surface area (Å²) < 4.78 is 10.5. The molecule has 43 heavy (non-hydrogen) atoms. The first-order chi connectivity index (χ1) is 21.1. The van der Waals surface area contributed by atoms with Gasteiger partial charge in [0.15, 0.2) is 6.10 Å². The fourth-order valence-corrected chi connectivity index (χ4v) is 5.73. The number of unbranched alkanes of at least 4 members (excludes halogenated alkanes) is 27. The molecule has 0 aliphatic carbocycles. The van der Waals surface area contributed by atoms with Crippen molar-refractivity contribution in [3.8, 4) is 0 Å². The van der Waals surface area contributed by atoms with Crippen molar-refractivity contribution >= 4 is 11.9 Å². The van der Waals surface area contributed by atoms with E-state index in [1.54, 1.807) is 0 Å². The number of rotatable bonds is 35. The van der Waals surface area contributed by atoms with E-state index in [0.29, 0.717) is 12.8 Å². The van der Waals surface area contributed by atoms with Gasteiger partial charge >= 0.3 is 11.9 Å². The van der Waals surface area contributed by atoms with Crippen molar-refractivity contribution in [1.29, 1.82) is 0 Å². The van der Waals surface area contributed by atoms with Crippen molar-refractivity contribution in [2.75, 3.05) is 13.2 Å². The van der Waals surface area contributed by atoms with Crippen LogP contribution in [0.25, 0.3) is 0 Å². The molecule has 0 bridgehead atoms. The van der Waals surface area contributed by atoms with Crippen LogP contribution in [0.1, 0.15) is 213 Å². The average Bonchev–Trinajstić information content (AvgIpc) is 3.01. The summed E-state index contributed by atoms with van der Waals surface area (Å²) >= 11 is 0. The molecule has 0 heterocycles. The molecular formula is C38H74O5. The molecule has 0 spiro atoms. The van der Waals surface area contributed by atoms with Crippen molar-refractivity contribution in [3.63, 3.8) is 0 Å². The Hall–Kier alpha value is -1.10. The number of hydrogen-bond donors (Lipinski definition) is 1. The van der Waals surface area contributed by atoms with Crippen LogP contribution in [0.4, 0.5) is 0 Å². The molecular weight excluding hydrogens is 536 g/mol. The number of carbonyl (C=O) groups excluding carboxylic acids is 2. The molecule has 1 atom stereocenters. The van der Waals surface area contributed by atoms with Crippen LogP contribution in [0.15, 0.2) is 0 Å². The number of hydrogen-bond acceptors (Lipinski definition) is 5. The molecule has 0 aliphatic heterocycles. The van der Waals surface area contributed by atoms with Crippen LogP contribution in [-0.2, 0) is 19.1 Å². The number of ether oxygens (including phenoxy) is 2. The molecule has 0 aromatic rings. The molecule has 0 rings (SSSR count). The molecule has 0 saturated heterocycles. The van der Waals surface area contributed by atoms with Crippen LogP contribution in [0.5, 0.6) is 0 Å². The maximum Gasteiger partial charge on any atom is 0.306 e. The molecule has 0 radical (unpaired) electrons. The van der Waals surface area contributed by atoms with E-state index >= 15 is 0 Å². The molecule has 0 aromatic carbocycles. The summed E-state index contributed by atoms with van der Waals surface area (Å²) in [4.78, 5) is 24.0. The van der Waals surface area contributed by atoms with Gasteiger partial charge in [0.25, 0.3) is 0 Å².